The molecule has 0 atom stereocenters. The van der Waals surface area contributed by atoms with Gasteiger partial charge >= 0.3 is 0 Å². The molecular weight excluding hydrogens is 243 g/mol. The number of methoxy groups -OCH3 is 1. The lowest BCUT2D eigenvalue weighted by molar-refractivity contribution is 0.330. The van der Waals surface area contributed by atoms with Crippen LogP contribution >= 0.6 is 0 Å². The van der Waals surface area contributed by atoms with Crippen molar-refractivity contribution in [2.24, 2.45) is 0 Å². The van der Waals surface area contributed by atoms with E-state index in [-0.39, 0.29) is 5.82 Å². The summed E-state index contributed by atoms with van der Waals surface area (Å²) < 4.78 is 18.8. The van der Waals surface area contributed by atoms with Crippen LogP contribution in [-0.2, 0) is 6.54 Å². The molecule has 19 heavy (non-hydrogen) atoms. The Hall–Kier alpha value is -1.13. The zero-order chi connectivity index (χ0) is 13.5. The highest BCUT2D eigenvalue weighted by atomic mass is 19.1. The molecule has 1 saturated heterocycles. The van der Waals surface area contributed by atoms with Gasteiger partial charge in [-0.05, 0) is 57.6 Å². The predicted octanol–water partition coefficient (Wildman–Crippen LogP) is 2.41. The van der Waals surface area contributed by atoms with Crippen LogP contribution in [0.2, 0.25) is 0 Å². The zero-order valence-electron chi connectivity index (χ0n) is 11.6. The number of benzene rings is 1. The summed E-state index contributed by atoms with van der Waals surface area (Å²) in [5, 5.41) is 3.29. The lowest BCUT2D eigenvalue weighted by Gasteiger charge is -2.15. The largest absolute Gasteiger partial charge is 0.496 e. The lowest BCUT2D eigenvalue weighted by atomic mass is 10.2. The van der Waals surface area contributed by atoms with Crippen LogP contribution in [0, 0.1) is 5.82 Å². The quantitative estimate of drug-likeness (QED) is 0.767. The van der Waals surface area contributed by atoms with Gasteiger partial charge in [0.25, 0.3) is 0 Å². The molecule has 1 aliphatic rings. The molecule has 2 rings (SSSR count). The minimum atomic E-state index is -0.202. The van der Waals surface area contributed by atoms with Crippen LogP contribution in [0.25, 0.3) is 0 Å². The van der Waals surface area contributed by atoms with Gasteiger partial charge in [-0.3, -0.25) is 0 Å². The van der Waals surface area contributed by atoms with E-state index in [9.17, 15) is 4.39 Å². The molecule has 0 saturated carbocycles. The molecule has 0 aromatic heterocycles. The third-order valence-electron chi connectivity index (χ3n) is 3.62. The van der Waals surface area contributed by atoms with Gasteiger partial charge in [-0.25, -0.2) is 4.39 Å². The van der Waals surface area contributed by atoms with Crippen molar-refractivity contribution < 1.29 is 9.13 Å². The second kappa shape index (κ2) is 7.46. The number of halogens is 1. The van der Waals surface area contributed by atoms with Crippen molar-refractivity contribution in [2.75, 3.05) is 33.3 Å². The van der Waals surface area contributed by atoms with Crippen molar-refractivity contribution in [1.82, 2.24) is 10.2 Å². The first kappa shape index (κ1) is 14.3. The lowest BCUT2D eigenvalue weighted by Crippen LogP contribution is -2.25. The van der Waals surface area contributed by atoms with E-state index < -0.39 is 0 Å². The molecule has 1 fully saturated rings. The van der Waals surface area contributed by atoms with E-state index in [0.717, 1.165) is 19.5 Å². The molecule has 106 valence electrons. The van der Waals surface area contributed by atoms with E-state index in [1.165, 1.54) is 32.0 Å². The van der Waals surface area contributed by atoms with E-state index in [2.05, 4.69) is 10.2 Å². The maximum Gasteiger partial charge on any atom is 0.131 e. The molecule has 3 nitrogen and oxygen atoms in total. The average molecular weight is 266 g/mol. The maximum atomic E-state index is 13.7. The molecule has 0 spiro atoms. The molecule has 1 heterocycles. The van der Waals surface area contributed by atoms with E-state index in [4.69, 9.17) is 4.74 Å². The number of ether oxygens (including phenoxy) is 1. The minimum Gasteiger partial charge on any atom is -0.496 e. The summed E-state index contributed by atoms with van der Waals surface area (Å²) in [6, 6.07) is 4.94. The van der Waals surface area contributed by atoms with Crippen molar-refractivity contribution >= 4 is 0 Å². The van der Waals surface area contributed by atoms with Crippen LogP contribution in [0.15, 0.2) is 18.2 Å². The highest BCUT2D eigenvalue weighted by Crippen LogP contribution is 2.20. The smallest absolute Gasteiger partial charge is 0.131 e. The fraction of sp³-hybridized carbons (Fsp3) is 0.600. The first-order chi connectivity index (χ1) is 9.31. The van der Waals surface area contributed by atoms with Crippen LogP contribution in [-0.4, -0.2) is 38.2 Å². The molecule has 1 aromatic carbocycles. The Kier molecular flexibility index (Phi) is 5.61. The summed E-state index contributed by atoms with van der Waals surface area (Å²) in [4.78, 5) is 2.49. The Bertz CT molecular complexity index is 392. The fourth-order valence-electron chi connectivity index (χ4n) is 2.55. The first-order valence-corrected chi connectivity index (χ1v) is 7.05. The average Bonchev–Trinajstić information content (AvgIpc) is 2.93. The number of hydrogen-bond donors (Lipinski definition) is 1. The topological polar surface area (TPSA) is 24.5 Å². The summed E-state index contributed by atoms with van der Waals surface area (Å²) in [5.74, 6) is 0.415. The standard InChI is InChI=1S/C15H23FN2O/c1-19-15-7-4-6-14(16)13(15)12-17-8-5-11-18-9-2-3-10-18/h4,6-7,17H,2-3,5,8-12H2,1H3. The normalized spacial score (nSPS) is 15.9. The van der Waals surface area contributed by atoms with Gasteiger partial charge in [-0.1, -0.05) is 6.07 Å². The van der Waals surface area contributed by atoms with Gasteiger partial charge in [0, 0.05) is 12.1 Å². The Labute approximate surface area is 114 Å². The molecule has 1 N–H and O–H groups in total. The highest BCUT2D eigenvalue weighted by Gasteiger charge is 2.11. The maximum absolute atomic E-state index is 13.7. The third-order valence-corrected chi connectivity index (χ3v) is 3.62. The van der Waals surface area contributed by atoms with Crippen molar-refractivity contribution in [3.05, 3.63) is 29.6 Å². The summed E-state index contributed by atoms with van der Waals surface area (Å²) in [6.45, 7) is 5.05. The fourth-order valence-corrected chi connectivity index (χ4v) is 2.55. The van der Waals surface area contributed by atoms with Crippen molar-refractivity contribution in [2.45, 2.75) is 25.8 Å². The van der Waals surface area contributed by atoms with Crippen molar-refractivity contribution in [3.8, 4) is 5.75 Å². The molecule has 0 unspecified atom stereocenters. The van der Waals surface area contributed by atoms with E-state index in [0.29, 0.717) is 17.9 Å². The Morgan fingerprint density at radius 2 is 2.11 bits per heavy atom. The molecule has 1 aromatic rings. The number of nitrogens with one attached hydrogen (secondary N) is 1. The van der Waals surface area contributed by atoms with Crippen molar-refractivity contribution in [1.29, 1.82) is 0 Å². The van der Waals surface area contributed by atoms with Gasteiger partial charge in [0.2, 0.25) is 0 Å². The van der Waals surface area contributed by atoms with Crippen molar-refractivity contribution in [3.63, 3.8) is 0 Å². The zero-order valence-corrected chi connectivity index (χ0v) is 11.6. The summed E-state index contributed by atoms with van der Waals surface area (Å²) in [5.41, 5.74) is 0.617. The number of rotatable bonds is 7. The first-order valence-electron chi connectivity index (χ1n) is 7.05. The Morgan fingerprint density at radius 3 is 2.84 bits per heavy atom. The minimum absolute atomic E-state index is 0.202. The molecule has 1 aliphatic heterocycles. The van der Waals surface area contributed by atoms with Crippen LogP contribution in [0.4, 0.5) is 4.39 Å². The predicted molar refractivity (Wildman–Crippen MR) is 74.9 cm³/mol. The molecule has 0 aliphatic carbocycles. The second-order valence-corrected chi connectivity index (χ2v) is 5.00. The van der Waals surface area contributed by atoms with Gasteiger partial charge < -0.3 is 15.0 Å². The summed E-state index contributed by atoms with van der Waals surface area (Å²) in [7, 11) is 1.58. The number of hydrogen-bond acceptors (Lipinski definition) is 3. The van der Waals surface area contributed by atoms with Gasteiger partial charge in [0.05, 0.1) is 7.11 Å². The van der Waals surface area contributed by atoms with Crippen LogP contribution < -0.4 is 10.1 Å². The summed E-state index contributed by atoms with van der Waals surface area (Å²) >= 11 is 0. The molecule has 4 heteroatoms. The third kappa shape index (κ3) is 4.18. The monoisotopic (exact) mass is 266 g/mol. The van der Waals surface area contributed by atoms with Gasteiger partial charge in [0.1, 0.15) is 11.6 Å². The number of likely N-dealkylation sites (tertiary alicyclic amines) is 1. The van der Waals surface area contributed by atoms with Crippen LogP contribution in [0.3, 0.4) is 0 Å². The van der Waals surface area contributed by atoms with Gasteiger partial charge in [-0.15, -0.1) is 0 Å². The Balaban J connectivity index is 1.70. The summed E-state index contributed by atoms with van der Waals surface area (Å²) in [6.07, 6.45) is 3.77. The van der Waals surface area contributed by atoms with E-state index in [1.54, 1.807) is 19.2 Å². The number of nitrogens with zero attached hydrogens (tertiary/aromatic N) is 1. The molecule has 0 bridgehead atoms. The van der Waals surface area contributed by atoms with Gasteiger partial charge in [-0.2, -0.15) is 0 Å². The van der Waals surface area contributed by atoms with Crippen LogP contribution in [0.1, 0.15) is 24.8 Å². The SMILES string of the molecule is COc1cccc(F)c1CNCCCN1CCCC1. The van der Waals surface area contributed by atoms with Crippen LogP contribution in [0.5, 0.6) is 5.75 Å². The van der Waals surface area contributed by atoms with E-state index >= 15 is 0 Å². The van der Waals surface area contributed by atoms with E-state index in [1.807, 2.05) is 0 Å². The van der Waals surface area contributed by atoms with Gasteiger partial charge in [0.15, 0.2) is 0 Å². The molecule has 0 radical (unpaired) electrons. The Morgan fingerprint density at radius 1 is 1.32 bits per heavy atom. The highest BCUT2D eigenvalue weighted by molar-refractivity contribution is 5.34. The molecular formula is C15H23FN2O. The second-order valence-electron chi connectivity index (χ2n) is 5.00. The molecule has 0 amide bonds.